The lowest BCUT2D eigenvalue weighted by molar-refractivity contribution is 0.298. The Morgan fingerprint density at radius 2 is 2.25 bits per heavy atom. The molecule has 0 saturated heterocycles. The van der Waals surface area contributed by atoms with Crippen LogP contribution in [0.25, 0.3) is 0 Å². The van der Waals surface area contributed by atoms with Crippen LogP contribution in [0.5, 0.6) is 0 Å². The summed E-state index contributed by atoms with van der Waals surface area (Å²) in [5, 5.41) is 1.12. The minimum absolute atomic E-state index is 0.810. The summed E-state index contributed by atoms with van der Waals surface area (Å²) in [6.45, 7) is 6.63. The molecule has 16 heavy (non-hydrogen) atoms. The maximum atomic E-state index is 4.28. The predicted molar refractivity (Wildman–Crippen MR) is 75.4 cm³/mol. The maximum Gasteiger partial charge on any atom is 0.0798 e. The second kappa shape index (κ2) is 7.41. The van der Waals surface area contributed by atoms with E-state index in [0.717, 1.165) is 17.8 Å². The van der Waals surface area contributed by atoms with Crippen LogP contribution in [0.2, 0.25) is 0 Å². The van der Waals surface area contributed by atoms with Crippen molar-refractivity contribution in [2.75, 3.05) is 18.9 Å². The van der Waals surface area contributed by atoms with E-state index >= 15 is 0 Å². The summed E-state index contributed by atoms with van der Waals surface area (Å²) in [6.07, 6.45) is 2.55. The van der Waals surface area contributed by atoms with Crippen LogP contribution < -0.4 is 0 Å². The smallest absolute Gasteiger partial charge is 0.0798 e. The van der Waals surface area contributed by atoms with Crippen molar-refractivity contribution in [1.29, 1.82) is 0 Å². The van der Waals surface area contributed by atoms with E-state index in [1.165, 1.54) is 30.0 Å². The number of rotatable bonds is 7. The van der Waals surface area contributed by atoms with Gasteiger partial charge in [-0.15, -0.1) is 11.3 Å². The maximum absolute atomic E-state index is 4.28. The third kappa shape index (κ3) is 4.93. The number of hydrogen-bond acceptors (Lipinski definition) is 3. The predicted octanol–water partition coefficient (Wildman–Crippen LogP) is 3.69. The molecule has 0 aliphatic carbocycles. The minimum atomic E-state index is 0.810. The van der Waals surface area contributed by atoms with Crippen molar-refractivity contribution in [3.8, 4) is 0 Å². The second-order valence-corrected chi connectivity index (χ2v) is 6.20. The van der Waals surface area contributed by atoms with Crippen molar-refractivity contribution in [3.63, 3.8) is 0 Å². The van der Waals surface area contributed by atoms with E-state index in [0.29, 0.717) is 0 Å². The molecule has 0 N–H and O–H groups in total. The van der Waals surface area contributed by atoms with Crippen LogP contribution in [0.1, 0.15) is 30.3 Å². The molecule has 1 heterocycles. The van der Waals surface area contributed by atoms with Crippen LogP contribution in [0.3, 0.4) is 0 Å². The standard InChI is InChI=1S/C12H21BrN2S/c1-10(4-6-13)5-7-15(3)8-12-11(2)14-9-16-12/h9-10H,4-8H2,1-3H3. The van der Waals surface area contributed by atoms with Crippen molar-refractivity contribution in [2.24, 2.45) is 5.92 Å². The Kier molecular flexibility index (Phi) is 6.54. The Bertz CT molecular complexity index is 301. The van der Waals surface area contributed by atoms with Crippen LogP contribution >= 0.6 is 27.3 Å². The lowest BCUT2D eigenvalue weighted by Crippen LogP contribution is -2.20. The van der Waals surface area contributed by atoms with Crippen molar-refractivity contribution < 1.29 is 0 Å². The highest BCUT2D eigenvalue weighted by Gasteiger charge is 2.07. The Labute approximate surface area is 111 Å². The molecule has 0 saturated carbocycles. The van der Waals surface area contributed by atoms with Crippen LogP contribution in [0, 0.1) is 12.8 Å². The van der Waals surface area contributed by atoms with E-state index in [4.69, 9.17) is 0 Å². The fourth-order valence-electron chi connectivity index (χ4n) is 1.57. The molecular formula is C12H21BrN2S. The first-order valence-corrected chi connectivity index (χ1v) is 7.77. The normalized spacial score (nSPS) is 13.3. The monoisotopic (exact) mass is 304 g/mol. The van der Waals surface area contributed by atoms with Gasteiger partial charge in [0.15, 0.2) is 0 Å². The summed E-state index contributed by atoms with van der Waals surface area (Å²) in [6, 6.07) is 0. The van der Waals surface area contributed by atoms with E-state index in [1.807, 2.05) is 5.51 Å². The average molecular weight is 305 g/mol. The second-order valence-electron chi connectivity index (χ2n) is 4.47. The van der Waals surface area contributed by atoms with E-state index in [9.17, 15) is 0 Å². The van der Waals surface area contributed by atoms with Crippen molar-refractivity contribution in [3.05, 3.63) is 16.1 Å². The molecule has 1 atom stereocenters. The minimum Gasteiger partial charge on any atom is -0.301 e. The Hall–Kier alpha value is 0.0700. The molecule has 1 unspecified atom stereocenters. The van der Waals surface area contributed by atoms with E-state index < -0.39 is 0 Å². The number of alkyl halides is 1. The number of hydrogen-bond donors (Lipinski definition) is 0. The first-order valence-electron chi connectivity index (χ1n) is 5.77. The zero-order valence-corrected chi connectivity index (χ0v) is 12.8. The van der Waals surface area contributed by atoms with Gasteiger partial charge in [-0.25, -0.2) is 4.98 Å². The van der Waals surface area contributed by atoms with Gasteiger partial charge in [0, 0.05) is 16.8 Å². The molecule has 0 amide bonds. The molecule has 1 aromatic heterocycles. The zero-order chi connectivity index (χ0) is 12.0. The molecule has 4 heteroatoms. The molecule has 2 nitrogen and oxygen atoms in total. The zero-order valence-electron chi connectivity index (χ0n) is 10.4. The quantitative estimate of drug-likeness (QED) is 0.714. The summed E-state index contributed by atoms with van der Waals surface area (Å²) in [7, 11) is 2.19. The lowest BCUT2D eigenvalue weighted by Gasteiger charge is -2.18. The molecule has 0 bridgehead atoms. The third-order valence-electron chi connectivity index (χ3n) is 2.86. The summed E-state index contributed by atoms with van der Waals surface area (Å²) >= 11 is 5.26. The van der Waals surface area contributed by atoms with Gasteiger partial charge in [-0.3, -0.25) is 0 Å². The number of aryl methyl sites for hydroxylation is 1. The van der Waals surface area contributed by atoms with Crippen LogP contribution in [-0.4, -0.2) is 28.8 Å². The molecule has 0 aliphatic rings. The third-order valence-corrected chi connectivity index (χ3v) is 4.24. The molecule has 0 radical (unpaired) electrons. The summed E-state index contributed by atoms with van der Waals surface area (Å²) in [5.74, 6) is 0.810. The van der Waals surface area contributed by atoms with Crippen molar-refractivity contribution in [1.82, 2.24) is 9.88 Å². The van der Waals surface area contributed by atoms with Crippen LogP contribution in [-0.2, 0) is 6.54 Å². The molecule has 0 fully saturated rings. The molecule has 0 aromatic carbocycles. The van der Waals surface area contributed by atoms with Crippen LogP contribution in [0.4, 0.5) is 0 Å². The molecule has 0 spiro atoms. The highest BCUT2D eigenvalue weighted by molar-refractivity contribution is 9.09. The lowest BCUT2D eigenvalue weighted by atomic mass is 10.1. The summed E-state index contributed by atoms with van der Waals surface area (Å²) < 4.78 is 0. The fourth-order valence-corrected chi connectivity index (χ4v) is 3.21. The highest BCUT2D eigenvalue weighted by atomic mass is 79.9. The molecular weight excluding hydrogens is 284 g/mol. The van der Waals surface area contributed by atoms with Crippen molar-refractivity contribution in [2.45, 2.75) is 33.2 Å². The SMILES string of the molecule is Cc1ncsc1CN(C)CCC(C)CCBr. The number of thiazole rings is 1. The van der Waals surface area contributed by atoms with Gasteiger partial charge in [-0.05, 0) is 39.3 Å². The van der Waals surface area contributed by atoms with Gasteiger partial charge < -0.3 is 4.90 Å². The molecule has 1 aromatic rings. The Morgan fingerprint density at radius 3 is 2.81 bits per heavy atom. The fraction of sp³-hybridized carbons (Fsp3) is 0.750. The average Bonchev–Trinajstić information content (AvgIpc) is 2.62. The number of aromatic nitrogens is 1. The number of nitrogens with zero attached hydrogens (tertiary/aromatic N) is 2. The van der Waals surface area contributed by atoms with Crippen LogP contribution in [0.15, 0.2) is 5.51 Å². The largest absolute Gasteiger partial charge is 0.301 e. The molecule has 92 valence electrons. The van der Waals surface area contributed by atoms with Gasteiger partial charge in [0.25, 0.3) is 0 Å². The van der Waals surface area contributed by atoms with Crippen molar-refractivity contribution >= 4 is 27.3 Å². The van der Waals surface area contributed by atoms with Gasteiger partial charge in [-0.1, -0.05) is 22.9 Å². The summed E-state index contributed by atoms with van der Waals surface area (Å²) in [5.41, 5.74) is 3.12. The van der Waals surface area contributed by atoms with E-state index in [1.54, 1.807) is 11.3 Å². The topological polar surface area (TPSA) is 16.1 Å². The van der Waals surface area contributed by atoms with Gasteiger partial charge in [-0.2, -0.15) is 0 Å². The van der Waals surface area contributed by atoms with Gasteiger partial charge in [0.1, 0.15) is 0 Å². The first kappa shape index (κ1) is 14.1. The Balaban J connectivity index is 2.26. The van der Waals surface area contributed by atoms with Gasteiger partial charge in [0.2, 0.25) is 0 Å². The first-order chi connectivity index (χ1) is 7.63. The molecule has 0 aliphatic heterocycles. The molecule has 1 rings (SSSR count). The Morgan fingerprint density at radius 1 is 1.50 bits per heavy atom. The van der Waals surface area contributed by atoms with E-state index in [2.05, 4.69) is 46.7 Å². The highest BCUT2D eigenvalue weighted by Crippen LogP contribution is 2.15. The number of halogens is 1. The van der Waals surface area contributed by atoms with Gasteiger partial charge >= 0.3 is 0 Å². The summed E-state index contributed by atoms with van der Waals surface area (Å²) in [4.78, 5) is 8.07. The van der Waals surface area contributed by atoms with Gasteiger partial charge in [0.05, 0.1) is 11.2 Å². The van der Waals surface area contributed by atoms with E-state index in [-0.39, 0.29) is 0 Å².